The molecule has 1 N–H and O–H groups in total. The average molecular weight is 334 g/mol. The zero-order valence-corrected chi connectivity index (χ0v) is 14.7. The van der Waals surface area contributed by atoms with Gasteiger partial charge in [-0.15, -0.1) is 0 Å². The molecule has 3 atom stereocenters. The van der Waals surface area contributed by atoms with Crippen LogP contribution in [0.25, 0.3) is 0 Å². The minimum Gasteiger partial charge on any atom is -0.451 e. The van der Waals surface area contributed by atoms with Crippen LogP contribution in [0.5, 0.6) is 0 Å². The van der Waals surface area contributed by atoms with Gasteiger partial charge in [-0.25, -0.2) is 9.59 Å². The molecule has 0 spiro atoms. The molecule has 0 aromatic rings. The van der Waals surface area contributed by atoms with Crippen LogP contribution in [0.2, 0.25) is 0 Å². The van der Waals surface area contributed by atoms with Crippen LogP contribution in [0.3, 0.4) is 0 Å². The summed E-state index contributed by atoms with van der Waals surface area (Å²) in [6.07, 6.45) is 3.36. The van der Waals surface area contributed by atoms with Gasteiger partial charge in [-0.3, -0.25) is 0 Å². The van der Waals surface area contributed by atoms with Crippen molar-refractivity contribution in [3.63, 3.8) is 0 Å². The number of carbonyl (C=O) groups excluding carboxylic acids is 2. The molecule has 5 heteroatoms. The summed E-state index contributed by atoms with van der Waals surface area (Å²) in [5.74, 6) is -0.517. The van der Waals surface area contributed by atoms with Crippen molar-refractivity contribution < 1.29 is 24.2 Å². The molecule has 3 unspecified atom stereocenters. The highest BCUT2D eigenvalue weighted by Crippen LogP contribution is 2.64. The van der Waals surface area contributed by atoms with Gasteiger partial charge >= 0.3 is 11.9 Å². The lowest BCUT2D eigenvalue weighted by atomic mass is 9.46. The fourth-order valence-corrected chi connectivity index (χ4v) is 5.11. The first kappa shape index (κ1) is 17.2. The van der Waals surface area contributed by atoms with Gasteiger partial charge in [-0.2, -0.15) is 0 Å². The van der Waals surface area contributed by atoms with Gasteiger partial charge < -0.3 is 14.6 Å². The highest BCUT2D eigenvalue weighted by molar-refractivity contribution is 5.88. The summed E-state index contributed by atoms with van der Waals surface area (Å²) >= 11 is 0. The fourth-order valence-electron chi connectivity index (χ4n) is 5.11. The summed E-state index contributed by atoms with van der Waals surface area (Å²) in [5, 5.41) is 11.3. The second-order valence-corrected chi connectivity index (χ2v) is 8.18. The lowest BCUT2D eigenvalue weighted by molar-refractivity contribution is -0.325. The predicted octanol–water partition coefficient (Wildman–Crippen LogP) is 2.68. The molecule has 5 nitrogen and oxygen atoms in total. The molecule has 24 heavy (non-hydrogen) atoms. The standard InChI is InChI=1S/C19H26O5/c1-11(2)15(20)23-17(5)18(22)7-13-6-14(8-18)10-19(17,9-13)24-16(21)12(3)4/h13-14,22H,1,3,6-10H2,2,4-5H3. The van der Waals surface area contributed by atoms with Crippen LogP contribution in [0, 0.1) is 11.8 Å². The third-order valence-electron chi connectivity index (χ3n) is 6.20. The molecule has 4 fully saturated rings. The van der Waals surface area contributed by atoms with Crippen LogP contribution in [0.4, 0.5) is 0 Å². The van der Waals surface area contributed by atoms with E-state index in [1.165, 1.54) is 0 Å². The molecule has 4 aliphatic carbocycles. The van der Waals surface area contributed by atoms with Gasteiger partial charge in [0.1, 0.15) is 5.60 Å². The van der Waals surface area contributed by atoms with Crippen LogP contribution < -0.4 is 0 Å². The number of carbonyl (C=O) groups is 2. The minimum absolute atomic E-state index is 0.259. The highest BCUT2D eigenvalue weighted by Gasteiger charge is 2.74. The molecule has 4 rings (SSSR count). The summed E-state index contributed by atoms with van der Waals surface area (Å²) in [7, 11) is 0. The van der Waals surface area contributed by atoms with Gasteiger partial charge in [0.15, 0.2) is 11.2 Å². The summed E-state index contributed by atoms with van der Waals surface area (Å²) < 4.78 is 11.6. The molecule has 4 saturated carbocycles. The van der Waals surface area contributed by atoms with E-state index in [4.69, 9.17) is 9.47 Å². The van der Waals surface area contributed by atoms with Gasteiger partial charge in [-0.05, 0) is 64.7 Å². The van der Waals surface area contributed by atoms with E-state index in [1.54, 1.807) is 20.8 Å². The van der Waals surface area contributed by atoms with Crippen molar-refractivity contribution in [2.45, 2.75) is 69.7 Å². The Balaban J connectivity index is 2.04. The molecule has 0 aliphatic heterocycles. The Bertz CT molecular complexity index is 620. The number of rotatable bonds is 4. The highest BCUT2D eigenvalue weighted by atomic mass is 16.6. The summed E-state index contributed by atoms with van der Waals surface area (Å²) in [6.45, 7) is 12.1. The van der Waals surface area contributed by atoms with Crippen LogP contribution in [0.1, 0.15) is 52.9 Å². The van der Waals surface area contributed by atoms with Gasteiger partial charge in [0, 0.05) is 11.1 Å². The van der Waals surface area contributed by atoms with E-state index in [-0.39, 0.29) is 17.4 Å². The topological polar surface area (TPSA) is 72.8 Å². The molecular weight excluding hydrogens is 308 g/mol. The van der Waals surface area contributed by atoms with Crippen molar-refractivity contribution in [2.75, 3.05) is 0 Å². The molecule has 4 bridgehead atoms. The van der Waals surface area contributed by atoms with Crippen molar-refractivity contribution >= 4 is 11.9 Å². The quantitative estimate of drug-likeness (QED) is 0.632. The Kier molecular flexibility index (Phi) is 3.72. The molecule has 0 heterocycles. The lowest BCUT2D eigenvalue weighted by Gasteiger charge is -2.67. The van der Waals surface area contributed by atoms with Crippen LogP contribution in [0.15, 0.2) is 24.3 Å². The first-order valence-electron chi connectivity index (χ1n) is 8.52. The molecule has 0 aromatic heterocycles. The maximum absolute atomic E-state index is 12.3. The van der Waals surface area contributed by atoms with E-state index in [2.05, 4.69) is 13.2 Å². The van der Waals surface area contributed by atoms with E-state index in [0.717, 1.165) is 6.42 Å². The van der Waals surface area contributed by atoms with Crippen molar-refractivity contribution in [1.29, 1.82) is 0 Å². The molecule has 4 aliphatic rings. The third kappa shape index (κ3) is 2.25. The third-order valence-corrected chi connectivity index (χ3v) is 6.20. The van der Waals surface area contributed by atoms with Crippen molar-refractivity contribution in [2.24, 2.45) is 11.8 Å². The molecule has 0 radical (unpaired) electrons. The van der Waals surface area contributed by atoms with E-state index in [1.807, 2.05) is 0 Å². The Morgan fingerprint density at radius 3 is 1.88 bits per heavy atom. The molecule has 0 amide bonds. The zero-order valence-electron chi connectivity index (χ0n) is 14.7. The molecular formula is C19H26O5. The first-order chi connectivity index (χ1) is 11.0. The molecule has 0 saturated heterocycles. The van der Waals surface area contributed by atoms with Crippen LogP contribution >= 0.6 is 0 Å². The van der Waals surface area contributed by atoms with Gasteiger partial charge in [0.25, 0.3) is 0 Å². The van der Waals surface area contributed by atoms with E-state index in [9.17, 15) is 14.7 Å². The van der Waals surface area contributed by atoms with E-state index < -0.39 is 28.7 Å². The van der Waals surface area contributed by atoms with Crippen LogP contribution in [-0.2, 0) is 19.1 Å². The predicted molar refractivity (Wildman–Crippen MR) is 88.0 cm³/mol. The lowest BCUT2D eigenvalue weighted by Crippen LogP contribution is -2.78. The van der Waals surface area contributed by atoms with Gasteiger partial charge in [-0.1, -0.05) is 13.2 Å². The van der Waals surface area contributed by atoms with E-state index >= 15 is 0 Å². The number of ether oxygens (including phenoxy) is 2. The molecule has 132 valence electrons. The fraction of sp³-hybridized carbons (Fsp3) is 0.684. The number of aliphatic hydroxyl groups is 1. The Morgan fingerprint density at radius 2 is 1.42 bits per heavy atom. The summed E-state index contributed by atoms with van der Waals surface area (Å²) in [4.78, 5) is 24.5. The van der Waals surface area contributed by atoms with Crippen LogP contribution in [-0.4, -0.2) is 33.8 Å². The van der Waals surface area contributed by atoms with Crippen molar-refractivity contribution in [1.82, 2.24) is 0 Å². The average Bonchev–Trinajstić information content (AvgIpc) is 2.43. The maximum Gasteiger partial charge on any atom is 0.333 e. The number of hydrogen-bond acceptors (Lipinski definition) is 5. The zero-order chi connectivity index (χ0) is 17.9. The summed E-state index contributed by atoms with van der Waals surface area (Å²) in [5.41, 5.74) is -2.92. The minimum atomic E-state index is -1.28. The monoisotopic (exact) mass is 334 g/mol. The van der Waals surface area contributed by atoms with E-state index in [0.29, 0.717) is 31.3 Å². The SMILES string of the molecule is C=C(C)C(=O)OC12CC3CC(CC(O)(C3)C1(C)OC(=O)C(=C)C)C2. The Labute approximate surface area is 142 Å². The molecule has 0 aromatic carbocycles. The van der Waals surface area contributed by atoms with Gasteiger partial charge in [0.05, 0.1) is 0 Å². The van der Waals surface area contributed by atoms with Gasteiger partial charge in [0.2, 0.25) is 0 Å². The second-order valence-electron chi connectivity index (χ2n) is 8.18. The number of hydrogen-bond donors (Lipinski definition) is 1. The van der Waals surface area contributed by atoms with Crippen molar-refractivity contribution in [3.05, 3.63) is 24.3 Å². The largest absolute Gasteiger partial charge is 0.451 e. The summed E-state index contributed by atoms with van der Waals surface area (Å²) in [6, 6.07) is 0. The Morgan fingerprint density at radius 1 is 0.958 bits per heavy atom. The smallest absolute Gasteiger partial charge is 0.333 e. The maximum atomic E-state index is 12.3. The second kappa shape index (κ2) is 5.19. The Hall–Kier alpha value is -1.62. The number of esters is 2. The normalized spacial score (nSPS) is 42.5. The first-order valence-corrected chi connectivity index (χ1v) is 8.52. The van der Waals surface area contributed by atoms with Crippen molar-refractivity contribution in [3.8, 4) is 0 Å².